The van der Waals surface area contributed by atoms with Crippen LogP contribution < -0.4 is 20.3 Å². The predicted molar refractivity (Wildman–Crippen MR) is 127 cm³/mol. The molecular formula is C25H25N5O4. The number of hydrogen-bond donors (Lipinski definition) is 1. The Labute approximate surface area is 207 Å². The summed E-state index contributed by atoms with van der Waals surface area (Å²) in [5.41, 5.74) is 5.65. The lowest BCUT2D eigenvalue weighted by Gasteiger charge is -2.29. The van der Waals surface area contributed by atoms with Crippen LogP contribution in [0.15, 0.2) is 48.4 Å². The summed E-state index contributed by atoms with van der Waals surface area (Å²) in [6, 6.07) is 3.98. The van der Waals surface area contributed by atoms with Gasteiger partial charge in [-0.2, -0.15) is 5.10 Å². The Hall–Kier alpha value is -4.14. The van der Waals surface area contributed by atoms with Gasteiger partial charge >= 0.3 is 0 Å². The fourth-order valence-electron chi connectivity index (χ4n) is 3.97. The molecular weight excluding hydrogens is 434 g/mol. The van der Waals surface area contributed by atoms with Crippen molar-refractivity contribution in [2.24, 2.45) is 5.73 Å². The molecule has 5 rings (SSSR count). The molecule has 0 spiro atoms. The van der Waals surface area contributed by atoms with Crippen molar-refractivity contribution < 1.29 is 30.1 Å². The number of nitrogens with zero attached hydrogens (tertiary/aromatic N) is 4. The molecule has 3 heterocycles. The van der Waals surface area contributed by atoms with Crippen LogP contribution in [0.2, 0.25) is 0 Å². The number of benzene rings is 2. The SMILES string of the molecule is [2H]c1c([2H])c(-n2nc(C(N)=O)c3c2C(=O)N(c2ccc(N4CC([2H])([2H])C([2H])([2H])CC4=O)cc2)CC3)c([2H])c([2H])c1OC. The van der Waals surface area contributed by atoms with Crippen molar-refractivity contribution in [3.63, 3.8) is 0 Å². The molecule has 2 aliphatic rings. The summed E-state index contributed by atoms with van der Waals surface area (Å²) in [6.07, 6.45) is -5.08. The third kappa shape index (κ3) is 3.68. The van der Waals surface area contributed by atoms with Gasteiger partial charge in [-0.15, -0.1) is 0 Å². The number of hydrogen-bond acceptors (Lipinski definition) is 5. The fourth-order valence-corrected chi connectivity index (χ4v) is 3.97. The van der Waals surface area contributed by atoms with Crippen LogP contribution in [0.25, 0.3) is 5.69 Å². The van der Waals surface area contributed by atoms with Gasteiger partial charge in [0, 0.05) is 41.9 Å². The third-order valence-corrected chi connectivity index (χ3v) is 5.63. The lowest BCUT2D eigenvalue weighted by Crippen LogP contribution is -2.39. The molecule has 3 amide bonds. The number of carbonyl (C=O) groups is 3. The number of nitrogens with two attached hydrogens (primary N) is 1. The molecule has 1 aromatic heterocycles. The van der Waals surface area contributed by atoms with Crippen molar-refractivity contribution >= 4 is 29.1 Å². The van der Waals surface area contributed by atoms with Crippen LogP contribution in [0.5, 0.6) is 5.75 Å². The summed E-state index contributed by atoms with van der Waals surface area (Å²) in [7, 11) is 1.20. The van der Waals surface area contributed by atoms with Gasteiger partial charge in [-0.25, -0.2) is 4.68 Å². The van der Waals surface area contributed by atoms with Crippen LogP contribution >= 0.6 is 0 Å². The molecule has 174 valence electrons. The van der Waals surface area contributed by atoms with Crippen molar-refractivity contribution in [3.05, 3.63) is 65.4 Å². The van der Waals surface area contributed by atoms with Crippen LogP contribution in [0, 0.1) is 0 Å². The van der Waals surface area contributed by atoms with E-state index in [-0.39, 0.29) is 41.4 Å². The van der Waals surface area contributed by atoms with Gasteiger partial charge in [0.05, 0.1) is 18.3 Å². The van der Waals surface area contributed by atoms with Crippen molar-refractivity contribution in [1.82, 2.24) is 9.78 Å². The zero-order valence-electron chi connectivity index (χ0n) is 26.1. The maximum Gasteiger partial charge on any atom is 0.277 e. The summed E-state index contributed by atoms with van der Waals surface area (Å²) >= 11 is 0. The van der Waals surface area contributed by atoms with Crippen molar-refractivity contribution in [2.45, 2.75) is 25.6 Å². The third-order valence-electron chi connectivity index (χ3n) is 5.63. The standard InChI is InChI=1S/C25H25N5O4/c1-34-19-11-9-18(10-12-19)30-23-20(22(27-30)24(26)32)13-15-29(25(23)33)17-7-5-16(6-8-17)28-14-3-2-4-21(28)31/h5-12H,2-4,13-15H2,1H3,(H2,26,32)/i2D2,3D2,9D,10D,11D,12D. The lowest BCUT2D eigenvalue weighted by molar-refractivity contribution is -0.119. The summed E-state index contributed by atoms with van der Waals surface area (Å²) in [5, 5.41) is 4.15. The van der Waals surface area contributed by atoms with Crippen LogP contribution in [0.3, 0.4) is 0 Å². The Morgan fingerprint density at radius 1 is 1.00 bits per heavy atom. The number of fused-ring (bicyclic) bond motifs is 1. The number of carbonyl (C=O) groups excluding carboxylic acids is 3. The first-order chi connectivity index (χ1) is 19.6. The topological polar surface area (TPSA) is 111 Å². The number of anilines is 2. The predicted octanol–water partition coefficient (Wildman–Crippen LogP) is 2.70. The zero-order valence-corrected chi connectivity index (χ0v) is 18.1. The highest BCUT2D eigenvalue weighted by atomic mass is 16.5. The van der Waals surface area contributed by atoms with Crippen LogP contribution in [-0.2, 0) is 11.2 Å². The Morgan fingerprint density at radius 3 is 2.32 bits per heavy atom. The molecule has 1 fully saturated rings. The van der Waals surface area contributed by atoms with Gasteiger partial charge in [-0.3, -0.25) is 14.4 Å². The Bertz CT molecular complexity index is 1630. The Kier molecular flexibility index (Phi) is 3.62. The average Bonchev–Trinajstić information content (AvgIpc) is 3.31. The summed E-state index contributed by atoms with van der Waals surface area (Å²) in [6.45, 7) is -0.387. The maximum atomic E-state index is 13.9. The van der Waals surface area contributed by atoms with Crippen LogP contribution in [0.4, 0.5) is 11.4 Å². The first-order valence-corrected chi connectivity index (χ1v) is 10.4. The number of primary amides is 1. The van der Waals surface area contributed by atoms with Crippen LogP contribution in [0.1, 0.15) is 56.7 Å². The highest BCUT2D eigenvalue weighted by Crippen LogP contribution is 2.31. The molecule has 0 unspecified atom stereocenters. The van der Waals surface area contributed by atoms with Gasteiger partial charge in [0.25, 0.3) is 11.8 Å². The smallest absolute Gasteiger partial charge is 0.277 e. The van der Waals surface area contributed by atoms with E-state index in [0.717, 1.165) is 9.58 Å². The number of amides is 3. The zero-order chi connectivity index (χ0) is 30.9. The molecule has 0 atom stereocenters. The molecule has 2 N–H and O–H groups in total. The van der Waals surface area contributed by atoms with Crippen molar-refractivity contribution in [3.8, 4) is 11.4 Å². The molecule has 0 bridgehead atoms. The molecule has 2 aliphatic heterocycles. The van der Waals surface area contributed by atoms with Gasteiger partial charge in [0.2, 0.25) is 5.91 Å². The summed E-state index contributed by atoms with van der Waals surface area (Å²) in [5.74, 6) is -2.47. The normalized spacial score (nSPS) is 22.3. The second kappa shape index (κ2) is 8.66. The summed E-state index contributed by atoms with van der Waals surface area (Å²) < 4.78 is 71.1. The molecule has 9 nitrogen and oxygen atoms in total. The average molecular weight is 468 g/mol. The second-order valence-corrected chi connectivity index (χ2v) is 7.57. The highest BCUT2D eigenvalue weighted by molar-refractivity contribution is 6.09. The van der Waals surface area contributed by atoms with E-state index in [0.29, 0.717) is 11.4 Å². The highest BCUT2D eigenvalue weighted by Gasteiger charge is 2.34. The van der Waals surface area contributed by atoms with E-state index in [9.17, 15) is 14.4 Å². The van der Waals surface area contributed by atoms with E-state index in [1.165, 1.54) is 36.3 Å². The van der Waals surface area contributed by atoms with Gasteiger partial charge in [0.15, 0.2) is 5.69 Å². The van der Waals surface area contributed by atoms with Crippen molar-refractivity contribution in [1.29, 1.82) is 0 Å². The number of methoxy groups -OCH3 is 1. The molecule has 0 saturated carbocycles. The minimum absolute atomic E-state index is 0.0972. The number of piperidine rings is 1. The first kappa shape index (κ1) is 14.2. The van der Waals surface area contributed by atoms with Gasteiger partial charge in [-0.05, 0) is 67.6 Å². The number of rotatable bonds is 5. The molecule has 3 aromatic rings. The number of ether oxygens (including phenoxy) is 1. The van der Waals surface area contributed by atoms with E-state index in [1.807, 2.05) is 0 Å². The van der Waals surface area contributed by atoms with Crippen LogP contribution in [-0.4, -0.2) is 47.7 Å². The minimum atomic E-state index is -2.31. The quantitative estimate of drug-likeness (QED) is 0.620. The lowest BCUT2D eigenvalue weighted by atomic mass is 10.0. The molecule has 0 radical (unpaired) electrons. The fraction of sp³-hybridized carbons (Fsp3) is 0.280. The summed E-state index contributed by atoms with van der Waals surface area (Å²) in [4.78, 5) is 41.2. The maximum absolute atomic E-state index is 13.9. The molecule has 34 heavy (non-hydrogen) atoms. The monoisotopic (exact) mass is 467 g/mol. The van der Waals surface area contributed by atoms with Gasteiger partial charge in [0.1, 0.15) is 11.4 Å². The molecule has 1 saturated heterocycles. The van der Waals surface area contributed by atoms with E-state index < -0.39 is 67.6 Å². The van der Waals surface area contributed by atoms with E-state index in [4.69, 9.17) is 21.4 Å². The molecule has 0 aliphatic carbocycles. The largest absolute Gasteiger partial charge is 0.497 e. The second-order valence-electron chi connectivity index (χ2n) is 7.57. The number of aromatic nitrogens is 2. The van der Waals surface area contributed by atoms with Crippen molar-refractivity contribution in [2.75, 3.05) is 30.0 Å². The molecule has 9 heteroatoms. The van der Waals surface area contributed by atoms with E-state index in [1.54, 1.807) is 0 Å². The molecule has 2 aromatic carbocycles. The first-order valence-electron chi connectivity index (χ1n) is 14.4. The Balaban J connectivity index is 1.55. The minimum Gasteiger partial charge on any atom is -0.497 e. The van der Waals surface area contributed by atoms with Gasteiger partial charge < -0.3 is 20.3 Å². The Morgan fingerprint density at radius 2 is 1.68 bits per heavy atom. The van der Waals surface area contributed by atoms with E-state index in [2.05, 4.69) is 5.10 Å². The van der Waals surface area contributed by atoms with Gasteiger partial charge in [-0.1, -0.05) is 0 Å². The van der Waals surface area contributed by atoms with E-state index >= 15 is 0 Å².